The van der Waals surface area contributed by atoms with Gasteiger partial charge in [0.2, 0.25) is 0 Å². The van der Waals surface area contributed by atoms with Crippen LogP contribution >= 0.6 is 11.3 Å². The summed E-state index contributed by atoms with van der Waals surface area (Å²) in [5.74, 6) is 0. The number of rotatable bonds is 6. The first kappa shape index (κ1) is 17.2. The molecule has 1 saturated heterocycles. The van der Waals surface area contributed by atoms with E-state index in [9.17, 15) is 0 Å². The normalized spacial score (nSPS) is 25.4. The maximum absolute atomic E-state index is 6.32. The van der Waals surface area contributed by atoms with Crippen LogP contribution in [0.5, 0.6) is 0 Å². The predicted octanol–water partition coefficient (Wildman–Crippen LogP) is 4.68. The maximum Gasteiger partial charge on any atom is 0.0691 e. The van der Waals surface area contributed by atoms with Crippen molar-refractivity contribution in [3.63, 3.8) is 0 Å². The summed E-state index contributed by atoms with van der Waals surface area (Å²) in [6.45, 7) is 2.88. The molecule has 2 aliphatic rings. The van der Waals surface area contributed by atoms with Crippen LogP contribution in [0.4, 0.5) is 0 Å². The van der Waals surface area contributed by atoms with Crippen molar-refractivity contribution in [3.8, 4) is 0 Å². The number of nitrogens with one attached hydrogen (secondary N) is 1. The van der Waals surface area contributed by atoms with Crippen molar-refractivity contribution in [2.45, 2.75) is 62.5 Å². The minimum Gasteiger partial charge on any atom is -0.375 e. The third-order valence-corrected chi connectivity index (χ3v) is 6.91. The molecule has 3 heterocycles. The molecule has 2 aromatic rings. The molecular weight excluding hydrogens is 328 g/mol. The van der Waals surface area contributed by atoms with Crippen LogP contribution in [0.25, 0.3) is 0 Å². The van der Waals surface area contributed by atoms with E-state index in [1.807, 2.05) is 23.6 Å². The van der Waals surface area contributed by atoms with E-state index < -0.39 is 0 Å². The summed E-state index contributed by atoms with van der Waals surface area (Å²) in [5.41, 5.74) is 1.54. The van der Waals surface area contributed by atoms with Crippen LogP contribution in [-0.4, -0.2) is 23.7 Å². The second-order valence-electron chi connectivity index (χ2n) is 7.67. The van der Waals surface area contributed by atoms with E-state index in [-0.39, 0.29) is 11.0 Å². The summed E-state index contributed by atoms with van der Waals surface area (Å²) in [4.78, 5) is 6.18. The fourth-order valence-corrected chi connectivity index (χ4v) is 5.42. The van der Waals surface area contributed by atoms with E-state index in [1.165, 1.54) is 36.3 Å². The molecule has 2 fully saturated rings. The van der Waals surface area contributed by atoms with Gasteiger partial charge < -0.3 is 10.1 Å². The van der Waals surface area contributed by atoms with Crippen molar-refractivity contribution < 1.29 is 4.74 Å². The van der Waals surface area contributed by atoms with Gasteiger partial charge in [-0.3, -0.25) is 4.98 Å². The van der Waals surface area contributed by atoms with E-state index in [0.717, 1.165) is 39.0 Å². The van der Waals surface area contributed by atoms with Gasteiger partial charge >= 0.3 is 0 Å². The van der Waals surface area contributed by atoms with Crippen molar-refractivity contribution in [2.24, 2.45) is 0 Å². The van der Waals surface area contributed by atoms with Crippen LogP contribution in [0.15, 0.2) is 41.9 Å². The number of ether oxygens (including phenoxy) is 1. The summed E-state index contributed by atoms with van der Waals surface area (Å²) in [6.07, 6.45) is 10.4. The van der Waals surface area contributed by atoms with Crippen LogP contribution in [0.2, 0.25) is 0 Å². The third kappa shape index (κ3) is 3.81. The van der Waals surface area contributed by atoms with Crippen molar-refractivity contribution in [1.82, 2.24) is 10.3 Å². The van der Waals surface area contributed by atoms with Crippen LogP contribution in [-0.2, 0) is 16.7 Å². The number of aromatic nitrogens is 1. The van der Waals surface area contributed by atoms with E-state index >= 15 is 0 Å². The lowest BCUT2D eigenvalue weighted by molar-refractivity contribution is -0.104. The Balaban J connectivity index is 1.48. The first-order valence-electron chi connectivity index (χ1n) is 9.59. The van der Waals surface area contributed by atoms with Gasteiger partial charge in [0.05, 0.1) is 5.60 Å². The number of hydrogen-bond acceptors (Lipinski definition) is 4. The molecule has 0 unspecified atom stereocenters. The maximum atomic E-state index is 6.32. The molecule has 0 bridgehead atoms. The largest absolute Gasteiger partial charge is 0.375 e. The quantitative estimate of drug-likeness (QED) is 0.763. The highest BCUT2D eigenvalue weighted by atomic mass is 32.1. The summed E-state index contributed by atoms with van der Waals surface area (Å²) in [7, 11) is 0. The molecule has 1 saturated carbocycles. The fourth-order valence-electron chi connectivity index (χ4n) is 4.75. The fraction of sp³-hybridized carbons (Fsp3) is 0.571. The highest BCUT2D eigenvalue weighted by Gasteiger charge is 2.48. The Labute approximate surface area is 154 Å². The predicted molar refractivity (Wildman–Crippen MR) is 103 cm³/mol. The molecule has 0 amide bonds. The molecule has 1 aliphatic heterocycles. The van der Waals surface area contributed by atoms with E-state index in [2.05, 4.69) is 35.0 Å². The molecule has 0 radical (unpaired) electrons. The molecular formula is C21H28N2OS. The second-order valence-corrected chi connectivity index (χ2v) is 8.70. The van der Waals surface area contributed by atoms with Gasteiger partial charge in [0.25, 0.3) is 0 Å². The highest BCUT2D eigenvalue weighted by Crippen LogP contribution is 2.49. The molecule has 2 aromatic heterocycles. The standard InChI is InChI=1S/C21H28N2OS/c1-4-12-23-19(7-1)20(10-13-22-16-18-6-5-15-25-18)11-14-24-21(17-20)8-2-3-9-21/h1,4-7,12,15,22H,2-3,8-11,13-14,16-17H2/t20-/m1/s1. The molecule has 4 rings (SSSR count). The summed E-state index contributed by atoms with van der Waals surface area (Å²) in [6, 6.07) is 10.7. The Bertz CT molecular complexity index is 652. The molecule has 1 N–H and O–H groups in total. The van der Waals surface area contributed by atoms with Crippen molar-refractivity contribution in [1.29, 1.82) is 0 Å². The molecule has 4 heteroatoms. The lowest BCUT2D eigenvalue weighted by atomic mass is 9.68. The second kappa shape index (κ2) is 7.56. The van der Waals surface area contributed by atoms with Crippen LogP contribution in [0.3, 0.4) is 0 Å². The number of nitrogens with zero attached hydrogens (tertiary/aromatic N) is 1. The summed E-state index contributed by atoms with van der Waals surface area (Å²) in [5, 5.41) is 5.80. The zero-order chi connectivity index (χ0) is 17.0. The minimum absolute atomic E-state index is 0.115. The lowest BCUT2D eigenvalue weighted by Crippen LogP contribution is -2.47. The Kier molecular flexibility index (Phi) is 5.20. The molecule has 0 aromatic carbocycles. The first-order chi connectivity index (χ1) is 12.3. The van der Waals surface area contributed by atoms with Crippen LogP contribution in [0.1, 0.15) is 55.5 Å². The molecule has 134 valence electrons. The molecule has 3 nitrogen and oxygen atoms in total. The van der Waals surface area contributed by atoms with Crippen molar-refractivity contribution >= 4 is 11.3 Å². The van der Waals surface area contributed by atoms with Crippen molar-refractivity contribution in [3.05, 3.63) is 52.5 Å². The van der Waals surface area contributed by atoms with Crippen LogP contribution in [0, 0.1) is 0 Å². The molecule has 1 atom stereocenters. The van der Waals surface area contributed by atoms with Gasteiger partial charge in [0.15, 0.2) is 0 Å². The Morgan fingerprint density at radius 2 is 2.04 bits per heavy atom. The average Bonchev–Trinajstić information content (AvgIpc) is 3.32. The Morgan fingerprint density at radius 1 is 1.12 bits per heavy atom. The summed E-state index contributed by atoms with van der Waals surface area (Å²) < 4.78 is 6.32. The van der Waals surface area contributed by atoms with Gasteiger partial charge in [0.1, 0.15) is 0 Å². The first-order valence-corrected chi connectivity index (χ1v) is 10.5. The third-order valence-electron chi connectivity index (χ3n) is 6.03. The van der Waals surface area contributed by atoms with Gasteiger partial charge in [-0.15, -0.1) is 11.3 Å². The van der Waals surface area contributed by atoms with E-state index in [1.54, 1.807) is 0 Å². The van der Waals surface area contributed by atoms with Gasteiger partial charge in [-0.05, 0) is 62.2 Å². The van der Waals surface area contributed by atoms with Gasteiger partial charge in [-0.1, -0.05) is 25.0 Å². The zero-order valence-electron chi connectivity index (χ0n) is 14.9. The topological polar surface area (TPSA) is 34.1 Å². The van der Waals surface area contributed by atoms with Gasteiger partial charge in [-0.25, -0.2) is 0 Å². The Hall–Kier alpha value is -1.23. The average molecular weight is 357 g/mol. The monoisotopic (exact) mass is 356 g/mol. The number of pyridine rings is 1. The van der Waals surface area contributed by atoms with Gasteiger partial charge in [0, 0.05) is 35.3 Å². The van der Waals surface area contributed by atoms with E-state index in [4.69, 9.17) is 9.72 Å². The molecule has 25 heavy (non-hydrogen) atoms. The minimum atomic E-state index is 0.115. The summed E-state index contributed by atoms with van der Waals surface area (Å²) >= 11 is 1.82. The molecule has 1 aliphatic carbocycles. The number of thiophene rings is 1. The smallest absolute Gasteiger partial charge is 0.0691 e. The van der Waals surface area contributed by atoms with E-state index in [0.29, 0.717) is 0 Å². The zero-order valence-corrected chi connectivity index (χ0v) is 15.7. The SMILES string of the molecule is c1ccc([C@]2(CCNCc3cccs3)CCOC3(CCCC3)C2)nc1. The van der Waals surface area contributed by atoms with Gasteiger partial charge in [-0.2, -0.15) is 0 Å². The Morgan fingerprint density at radius 3 is 2.80 bits per heavy atom. The number of hydrogen-bond donors (Lipinski definition) is 1. The highest BCUT2D eigenvalue weighted by molar-refractivity contribution is 7.09. The molecule has 1 spiro atoms. The van der Waals surface area contributed by atoms with Crippen LogP contribution < -0.4 is 5.32 Å². The van der Waals surface area contributed by atoms with Crippen molar-refractivity contribution in [2.75, 3.05) is 13.2 Å². The lowest BCUT2D eigenvalue weighted by Gasteiger charge is -2.46.